The molecule has 0 aliphatic carbocycles. The van der Waals surface area contributed by atoms with E-state index in [2.05, 4.69) is 15.0 Å². The lowest BCUT2D eigenvalue weighted by molar-refractivity contribution is -0.0606. The van der Waals surface area contributed by atoms with Gasteiger partial charge in [-0.05, 0) is 36.4 Å². The Morgan fingerprint density at radius 3 is 1.84 bits per heavy atom. The van der Waals surface area contributed by atoms with Gasteiger partial charge < -0.3 is 18.9 Å². The Labute approximate surface area is 250 Å². The number of imidazole rings is 1. The monoisotopic (exact) mass is 598 g/mol. The second-order valence-electron chi connectivity index (χ2n) is 9.49. The zero-order chi connectivity index (χ0) is 29.8. The van der Waals surface area contributed by atoms with Gasteiger partial charge in [0.15, 0.2) is 29.2 Å². The Bertz CT molecular complexity index is 1750. The van der Waals surface area contributed by atoms with Crippen LogP contribution in [0, 0.1) is 0 Å². The molecule has 0 spiro atoms. The molecule has 216 valence electrons. The zero-order valence-corrected chi connectivity index (χ0v) is 23.1. The van der Waals surface area contributed by atoms with Crippen LogP contribution in [0.3, 0.4) is 0 Å². The Morgan fingerprint density at radius 1 is 0.721 bits per heavy atom. The molecular formula is C31H23ClN4O7. The molecule has 1 saturated heterocycles. The van der Waals surface area contributed by atoms with E-state index in [9.17, 15) is 14.4 Å². The van der Waals surface area contributed by atoms with Crippen molar-refractivity contribution in [1.29, 1.82) is 0 Å². The smallest absolute Gasteiger partial charge is 0.338 e. The summed E-state index contributed by atoms with van der Waals surface area (Å²) in [5, 5.41) is 0.111. The number of esters is 3. The lowest BCUT2D eigenvalue weighted by Gasteiger charge is -2.25. The highest BCUT2D eigenvalue weighted by molar-refractivity contribution is 6.33. The highest BCUT2D eigenvalue weighted by atomic mass is 35.5. The fraction of sp³-hybridized carbons (Fsp3) is 0.161. The average Bonchev–Trinajstić information content (AvgIpc) is 3.63. The van der Waals surface area contributed by atoms with Gasteiger partial charge in [0.05, 0.1) is 23.0 Å². The maximum Gasteiger partial charge on any atom is 0.338 e. The predicted molar refractivity (Wildman–Crippen MR) is 152 cm³/mol. The Balaban J connectivity index is 1.37. The molecule has 0 bridgehead atoms. The molecule has 0 amide bonds. The SMILES string of the molecule is O=C(OC[C@H]1O[C@@H](n2cnc3c(Cl)ncnc32)[C@@H](OC(=O)c2ccccc2)[C@@H]1OC(=O)c1ccccc1)c1ccccc1. The summed E-state index contributed by atoms with van der Waals surface area (Å²) in [6, 6.07) is 25.1. The minimum Gasteiger partial charge on any atom is -0.459 e. The molecule has 1 aliphatic heterocycles. The fourth-order valence-electron chi connectivity index (χ4n) is 4.69. The molecule has 0 N–H and O–H groups in total. The largest absolute Gasteiger partial charge is 0.459 e. The van der Waals surface area contributed by atoms with Crippen molar-refractivity contribution in [3.05, 3.63) is 125 Å². The number of aromatic nitrogens is 4. The number of carbonyl (C=O) groups is 3. The number of fused-ring (bicyclic) bond motifs is 1. The summed E-state index contributed by atoms with van der Waals surface area (Å²) in [4.78, 5) is 51.9. The number of rotatable bonds is 8. The van der Waals surface area contributed by atoms with Gasteiger partial charge in [-0.15, -0.1) is 0 Å². The van der Waals surface area contributed by atoms with E-state index >= 15 is 0 Å². The van der Waals surface area contributed by atoms with Crippen LogP contribution < -0.4 is 0 Å². The molecule has 1 fully saturated rings. The molecule has 0 unspecified atom stereocenters. The number of benzene rings is 3. The summed E-state index contributed by atoms with van der Waals surface area (Å²) in [5.74, 6) is -1.97. The number of ether oxygens (including phenoxy) is 4. The second kappa shape index (κ2) is 12.4. The minimum atomic E-state index is -1.22. The third kappa shape index (κ3) is 5.94. The lowest BCUT2D eigenvalue weighted by Crippen LogP contribution is -2.41. The first-order chi connectivity index (χ1) is 21.0. The maximum atomic E-state index is 13.3. The van der Waals surface area contributed by atoms with Crippen LogP contribution in [0.5, 0.6) is 0 Å². The summed E-state index contributed by atoms with van der Waals surface area (Å²) in [5.41, 5.74) is 1.45. The van der Waals surface area contributed by atoms with E-state index in [1.54, 1.807) is 91.0 Å². The predicted octanol–water partition coefficient (Wildman–Crippen LogP) is 4.69. The van der Waals surface area contributed by atoms with Gasteiger partial charge in [0.25, 0.3) is 0 Å². The number of hydrogen-bond acceptors (Lipinski definition) is 10. The fourth-order valence-corrected chi connectivity index (χ4v) is 4.87. The van der Waals surface area contributed by atoms with E-state index in [0.717, 1.165) is 0 Å². The number of hydrogen-bond donors (Lipinski definition) is 0. The van der Waals surface area contributed by atoms with Crippen LogP contribution in [0.25, 0.3) is 11.2 Å². The summed E-state index contributed by atoms with van der Waals surface area (Å²) in [7, 11) is 0. The first-order valence-electron chi connectivity index (χ1n) is 13.2. The van der Waals surface area contributed by atoms with E-state index in [1.807, 2.05) is 0 Å². The average molecular weight is 599 g/mol. The molecule has 3 aromatic carbocycles. The van der Waals surface area contributed by atoms with Gasteiger partial charge in [-0.3, -0.25) is 4.57 Å². The van der Waals surface area contributed by atoms with Crippen LogP contribution in [0.4, 0.5) is 0 Å². The molecule has 5 aromatic rings. The molecule has 1 aliphatic rings. The Hall–Kier alpha value is -5.13. The summed E-state index contributed by atoms with van der Waals surface area (Å²) in [6.45, 7) is -0.321. The van der Waals surface area contributed by atoms with Crippen LogP contribution in [-0.2, 0) is 18.9 Å². The van der Waals surface area contributed by atoms with E-state index in [4.69, 9.17) is 30.5 Å². The third-order valence-corrected chi connectivity index (χ3v) is 7.04. The van der Waals surface area contributed by atoms with Crippen molar-refractivity contribution in [3.63, 3.8) is 0 Å². The molecule has 3 heterocycles. The van der Waals surface area contributed by atoms with Crippen LogP contribution in [0.1, 0.15) is 37.3 Å². The third-order valence-electron chi connectivity index (χ3n) is 6.77. The van der Waals surface area contributed by atoms with Gasteiger partial charge in [0.1, 0.15) is 24.6 Å². The first-order valence-corrected chi connectivity index (χ1v) is 13.6. The Kier molecular flexibility index (Phi) is 8.07. The van der Waals surface area contributed by atoms with E-state index < -0.39 is 42.4 Å². The van der Waals surface area contributed by atoms with Crippen molar-refractivity contribution in [2.75, 3.05) is 6.61 Å². The van der Waals surface area contributed by atoms with Gasteiger partial charge in [0.2, 0.25) is 0 Å². The topological polar surface area (TPSA) is 132 Å². The van der Waals surface area contributed by atoms with Crippen molar-refractivity contribution in [3.8, 4) is 0 Å². The van der Waals surface area contributed by atoms with E-state index in [-0.39, 0.29) is 28.4 Å². The number of carbonyl (C=O) groups excluding carboxylic acids is 3. The van der Waals surface area contributed by atoms with Gasteiger partial charge in [-0.2, -0.15) is 0 Å². The van der Waals surface area contributed by atoms with Gasteiger partial charge in [0, 0.05) is 0 Å². The molecule has 43 heavy (non-hydrogen) atoms. The van der Waals surface area contributed by atoms with E-state index in [0.29, 0.717) is 11.2 Å². The summed E-state index contributed by atoms with van der Waals surface area (Å²) < 4.78 is 25.3. The van der Waals surface area contributed by atoms with Crippen molar-refractivity contribution < 1.29 is 33.3 Å². The molecule has 0 radical (unpaired) electrons. The number of halogens is 1. The molecule has 12 heteroatoms. The van der Waals surface area contributed by atoms with Gasteiger partial charge >= 0.3 is 17.9 Å². The number of nitrogens with zero attached hydrogens (tertiary/aromatic N) is 4. The highest BCUT2D eigenvalue weighted by Crippen LogP contribution is 2.37. The van der Waals surface area contributed by atoms with E-state index in [1.165, 1.54) is 17.2 Å². The van der Waals surface area contributed by atoms with Gasteiger partial charge in [-0.25, -0.2) is 29.3 Å². The second-order valence-corrected chi connectivity index (χ2v) is 9.85. The molecule has 2 aromatic heterocycles. The molecule has 4 atom stereocenters. The van der Waals surface area contributed by atoms with Crippen LogP contribution in [0.2, 0.25) is 5.15 Å². The van der Waals surface area contributed by atoms with Crippen molar-refractivity contribution in [2.24, 2.45) is 0 Å². The van der Waals surface area contributed by atoms with Crippen molar-refractivity contribution >= 4 is 40.7 Å². The summed E-state index contributed by atoms with van der Waals surface area (Å²) in [6.07, 6.45) is -1.90. The molecular weight excluding hydrogens is 576 g/mol. The first kappa shape index (κ1) is 28.0. The van der Waals surface area contributed by atoms with Crippen molar-refractivity contribution in [2.45, 2.75) is 24.5 Å². The minimum absolute atomic E-state index is 0.111. The normalized spacial score (nSPS) is 19.6. The van der Waals surface area contributed by atoms with Crippen LogP contribution in [0.15, 0.2) is 104 Å². The molecule has 6 rings (SSSR count). The molecule has 0 saturated carbocycles. The van der Waals surface area contributed by atoms with Crippen molar-refractivity contribution in [1.82, 2.24) is 19.5 Å². The summed E-state index contributed by atoms with van der Waals surface area (Å²) >= 11 is 6.23. The quantitative estimate of drug-likeness (QED) is 0.141. The maximum absolute atomic E-state index is 13.3. The van der Waals surface area contributed by atoms with Crippen LogP contribution >= 0.6 is 11.6 Å². The lowest BCUT2D eigenvalue weighted by atomic mass is 10.1. The standard InChI is InChI=1S/C31H23ClN4O7/c32-26-23-27(34-17-33-26)36(18-35-23)28-25(43-31(39)21-14-8-3-9-15-21)24(42-30(38)20-12-6-2-7-13-20)22(41-28)16-40-29(37)19-10-4-1-5-11-19/h1-15,17-18,22,24-25,28H,16H2/t22-,24-,25+,28-/m1/s1. The van der Waals surface area contributed by atoms with Gasteiger partial charge in [-0.1, -0.05) is 66.2 Å². The Morgan fingerprint density at radius 2 is 1.26 bits per heavy atom. The van der Waals surface area contributed by atoms with Crippen LogP contribution in [-0.4, -0.2) is 62.3 Å². The zero-order valence-electron chi connectivity index (χ0n) is 22.4. The highest BCUT2D eigenvalue weighted by Gasteiger charge is 2.51. The molecule has 11 nitrogen and oxygen atoms in total.